The molecule has 10 nitrogen and oxygen atoms in total. The van der Waals surface area contributed by atoms with Gasteiger partial charge in [0.1, 0.15) is 11.4 Å². The molecule has 1 aliphatic heterocycles. The summed E-state index contributed by atoms with van der Waals surface area (Å²) in [6, 6.07) is 11.6. The maximum Gasteiger partial charge on any atom is 0.410 e. The molecule has 0 atom stereocenters. The number of rotatable bonds is 5. The lowest BCUT2D eigenvalue weighted by atomic mass is 9.96. The van der Waals surface area contributed by atoms with Gasteiger partial charge in [-0.1, -0.05) is 11.2 Å². The highest BCUT2D eigenvalue weighted by Crippen LogP contribution is 2.31. The van der Waals surface area contributed by atoms with Gasteiger partial charge in [0, 0.05) is 38.0 Å². The van der Waals surface area contributed by atoms with Crippen molar-refractivity contribution in [2.24, 2.45) is 0 Å². The van der Waals surface area contributed by atoms with Crippen molar-refractivity contribution in [2.75, 3.05) is 31.1 Å². The number of nitrogens with one attached hydrogen (secondary N) is 1. The number of amides is 1. The fourth-order valence-electron chi connectivity index (χ4n) is 5.02. The first-order valence-corrected chi connectivity index (χ1v) is 13.5. The van der Waals surface area contributed by atoms with Gasteiger partial charge in [-0.25, -0.2) is 9.89 Å². The molecule has 0 unspecified atom stereocenters. The molecule has 1 aliphatic carbocycles. The number of hydrogen-bond donors (Lipinski definition) is 1. The molecule has 1 saturated heterocycles. The summed E-state index contributed by atoms with van der Waals surface area (Å²) in [4.78, 5) is 28.8. The highest BCUT2D eigenvalue weighted by Gasteiger charge is 2.28. The van der Waals surface area contributed by atoms with Crippen LogP contribution in [-0.4, -0.2) is 64.2 Å². The van der Waals surface area contributed by atoms with E-state index in [0.29, 0.717) is 43.6 Å². The molecular weight excluding hydrogens is 498 g/mol. The highest BCUT2D eigenvalue weighted by atomic mass is 16.6. The second-order valence-electron chi connectivity index (χ2n) is 11.3. The van der Waals surface area contributed by atoms with Crippen molar-refractivity contribution in [3.8, 4) is 5.75 Å². The molecule has 0 bridgehead atoms. The molecule has 0 spiro atoms. The Hall–Kier alpha value is -4.08. The third kappa shape index (κ3) is 5.28. The number of anilines is 1. The number of nitrogens with zero attached hydrogens (tertiary/aromatic N) is 4. The Kier molecular flexibility index (Phi) is 6.40. The summed E-state index contributed by atoms with van der Waals surface area (Å²) < 4.78 is 17.2. The lowest BCUT2D eigenvalue weighted by molar-refractivity contribution is 0.0240. The number of ether oxygens (including phenoxy) is 2. The maximum absolute atomic E-state index is 12.5. The fourth-order valence-corrected chi connectivity index (χ4v) is 5.02. The van der Waals surface area contributed by atoms with Crippen molar-refractivity contribution in [2.45, 2.75) is 58.2 Å². The average Bonchev–Trinajstić information content (AvgIpc) is 3.30. The zero-order chi connectivity index (χ0) is 27.1. The summed E-state index contributed by atoms with van der Waals surface area (Å²) in [7, 11) is 0. The summed E-state index contributed by atoms with van der Waals surface area (Å²) in [5.41, 5.74) is 1.74. The number of aromatic nitrogens is 3. The second-order valence-corrected chi connectivity index (χ2v) is 11.3. The van der Waals surface area contributed by atoms with Crippen LogP contribution in [-0.2, 0) is 11.2 Å². The summed E-state index contributed by atoms with van der Waals surface area (Å²) in [6.45, 7) is 7.94. The Morgan fingerprint density at radius 3 is 2.56 bits per heavy atom. The number of carbonyl (C=O) groups is 1. The molecule has 1 amide bonds. The molecule has 204 valence electrons. The Labute approximate surface area is 225 Å². The van der Waals surface area contributed by atoms with Gasteiger partial charge in [0.05, 0.1) is 22.6 Å². The van der Waals surface area contributed by atoms with Gasteiger partial charge in [0.25, 0.3) is 5.56 Å². The predicted octanol–water partition coefficient (Wildman–Crippen LogP) is 4.64. The molecule has 39 heavy (non-hydrogen) atoms. The van der Waals surface area contributed by atoms with Crippen LogP contribution < -0.4 is 15.2 Å². The van der Waals surface area contributed by atoms with E-state index in [1.165, 1.54) is 6.42 Å². The van der Waals surface area contributed by atoms with Crippen LogP contribution in [0.3, 0.4) is 0 Å². The van der Waals surface area contributed by atoms with Gasteiger partial charge in [-0.2, -0.15) is 5.10 Å². The minimum Gasteiger partial charge on any atom is -0.490 e. The zero-order valence-corrected chi connectivity index (χ0v) is 22.5. The lowest BCUT2D eigenvalue weighted by Crippen LogP contribution is -2.50. The number of aromatic amines is 1. The monoisotopic (exact) mass is 531 g/mol. The third-order valence-electron chi connectivity index (χ3n) is 7.31. The van der Waals surface area contributed by atoms with Crippen molar-refractivity contribution >= 4 is 33.7 Å². The minimum absolute atomic E-state index is 0.216. The number of piperazine rings is 1. The molecule has 2 fully saturated rings. The largest absolute Gasteiger partial charge is 0.490 e. The van der Waals surface area contributed by atoms with Crippen LogP contribution >= 0.6 is 0 Å². The predicted molar refractivity (Wildman–Crippen MR) is 147 cm³/mol. The number of H-pyrrole nitrogens is 1. The van der Waals surface area contributed by atoms with Crippen molar-refractivity contribution in [1.29, 1.82) is 0 Å². The van der Waals surface area contributed by atoms with Crippen LogP contribution in [0.25, 0.3) is 21.7 Å². The number of hydrogen-bond acceptors (Lipinski definition) is 8. The lowest BCUT2D eigenvalue weighted by Gasteiger charge is -2.35. The molecule has 1 N–H and O–H groups in total. The first kappa shape index (κ1) is 25.2. The SMILES string of the molecule is CC(C)(C)OC(=O)N1CCN(c2noc3ccc(Cc4n[nH]c(=O)c5ccc(OC6CCC6)cc45)cc23)CC1. The van der Waals surface area contributed by atoms with Crippen LogP contribution in [0, 0.1) is 0 Å². The van der Waals surface area contributed by atoms with Gasteiger partial charge in [-0.05, 0) is 75.9 Å². The standard InChI is InChI=1S/C29H33N5O5/c1-29(2,3)38-28(36)34-13-11-33(12-14-34)26-23-15-18(7-10-25(23)39-32-26)16-24-22-17-20(37-19-5-4-6-19)8-9-21(22)27(35)31-30-24/h7-10,15,17,19H,4-6,11-14,16H2,1-3H3,(H,31,35). The van der Waals surface area contributed by atoms with E-state index in [-0.39, 0.29) is 17.8 Å². The topological polar surface area (TPSA) is 114 Å². The zero-order valence-electron chi connectivity index (χ0n) is 22.5. The summed E-state index contributed by atoms with van der Waals surface area (Å²) in [5.74, 6) is 1.52. The van der Waals surface area contributed by atoms with E-state index in [2.05, 4.69) is 26.3 Å². The molecular formula is C29H33N5O5. The number of benzene rings is 2. The van der Waals surface area contributed by atoms with E-state index in [4.69, 9.17) is 14.0 Å². The van der Waals surface area contributed by atoms with Crippen molar-refractivity contribution in [1.82, 2.24) is 20.3 Å². The van der Waals surface area contributed by atoms with Gasteiger partial charge < -0.3 is 23.8 Å². The van der Waals surface area contributed by atoms with Gasteiger partial charge >= 0.3 is 6.09 Å². The Morgan fingerprint density at radius 2 is 1.85 bits per heavy atom. The van der Waals surface area contributed by atoms with Gasteiger partial charge in [-0.3, -0.25) is 4.79 Å². The Bertz CT molecular complexity index is 1570. The van der Waals surface area contributed by atoms with E-state index in [0.717, 1.165) is 46.4 Å². The average molecular weight is 532 g/mol. The molecule has 2 aliphatic rings. The van der Waals surface area contributed by atoms with Gasteiger partial charge in [0.2, 0.25) is 0 Å². The molecule has 6 rings (SSSR count). The fraction of sp³-hybridized carbons (Fsp3) is 0.448. The molecule has 1 saturated carbocycles. The van der Waals surface area contributed by atoms with E-state index >= 15 is 0 Å². The summed E-state index contributed by atoms with van der Waals surface area (Å²) in [5, 5.41) is 13.7. The minimum atomic E-state index is -0.524. The second kappa shape index (κ2) is 9.91. The first-order valence-electron chi connectivity index (χ1n) is 13.5. The van der Waals surface area contributed by atoms with Crippen molar-refractivity contribution < 1.29 is 18.8 Å². The van der Waals surface area contributed by atoms with Gasteiger partial charge in [-0.15, -0.1) is 0 Å². The molecule has 2 aromatic heterocycles. The smallest absolute Gasteiger partial charge is 0.410 e. The molecule has 3 heterocycles. The van der Waals surface area contributed by atoms with E-state index in [1.807, 2.05) is 51.1 Å². The van der Waals surface area contributed by atoms with E-state index in [1.54, 1.807) is 4.90 Å². The van der Waals surface area contributed by atoms with Crippen molar-refractivity contribution in [3.63, 3.8) is 0 Å². The summed E-state index contributed by atoms with van der Waals surface area (Å²) >= 11 is 0. The van der Waals surface area contributed by atoms with Crippen LogP contribution in [0.2, 0.25) is 0 Å². The molecule has 0 radical (unpaired) electrons. The quantitative estimate of drug-likeness (QED) is 0.396. The van der Waals surface area contributed by atoms with Crippen molar-refractivity contribution in [3.05, 3.63) is 58.0 Å². The normalized spacial score (nSPS) is 16.5. The van der Waals surface area contributed by atoms with Crippen LogP contribution in [0.4, 0.5) is 10.6 Å². The molecule has 2 aromatic carbocycles. The van der Waals surface area contributed by atoms with Crippen LogP contribution in [0.5, 0.6) is 5.75 Å². The van der Waals surface area contributed by atoms with Crippen LogP contribution in [0.15, 0.2) is 45.7 Å². The Morgan fingerprint density at radius 1 is 1.05 bits per heavy atom. The van der Waals surface area contributed by atoms with Gasteiger partial charge in [0.15, 0.2) is 11.4 Å². The molecule has 10 heteroatoms. The third-order valence-corrected chi connectivity index (χ3v) is 7.31. The van der Waals surface area contributed by atoms with E-state index in [9.17, 15) is 9.59 Å². The number of carbonyl (C=O) groups excluding carboxylic acids is 1. The first-order chi connectivity index (χ1) is 18.7. The number of fused-ring (bicyclic) bond motifs is 2. The maximum atomic E-state index is 12.5. The van der Waals surface area contributed by atoms with Crippen LogP contribution in [0.1, 0.15) is 51.3 Å². The Balaban J connectivity index is 1.23. The molecule has 4 aromatic rings. The summed E-state index contributed by atoms with van der Waals surface area (Å²) in [6.07, 6.45) is 3.80. The van der Waals surface area contributed by atoms with E-state index < -0.39 is 5.60 Å². The highest BCUT2D eigenvalue weighted by molar-refractivity contribution is 5.90.